The Morgan fingerprint density at radius 2 is 2.12 bits per heavy atom. The maximum atomic E-state index is 10.1. The molecule has 1 rings (SSSR count). The van der Waals surface area contributed by atoms with Crippen molar-refractivity contribution in [3.8, 4) is 0 Å². The molecule has 0 saturated heterocycles. The van der Waals surface area contributed by atoms with Gasteiger partial charge in [0.15, 0.2) is 0 Å². The van der Waals surface area contributed by atoms with Crippen molar-refractivity contribution in [1.29, 1.82) is 0 Å². The van der Waals surface area contributed by atoms with Crippen LogP contribution in [0.25, 0.3) is 0 Å². The quantitative estimate of drug-likeness (QED) is 0.852. The van der Waals surface area contributed by atoms with Crippen LogP contribution in [0.4, 0.5) is 0 Å². The lowest BCUT2D eigenvalue weighted by Gasteiger charge is -2.18. The zero-order valence-corrected chi connectivity index (χ0v) is 11.3. The van der Waals surface area contributed by atoms with E-state index in [1.165, 1.54) is 0 Å². The molecule has 0 aliphatic carbocycles. The number of aliphatic hydroxyl groups excluding tert-OH is 1. The summed E-state index contributed by atoms with van der Waals surface area (Å²) in [4.78, 5) is 4.51. The molecule has 92 valence electrons. The Balaban J connectivity index is 2.85. The van der Waals surface area contributed by atoms with Gasteiger partial charge in [-0.15, -0.1) is 11.3 Å². The number of aliphatic hydroxyl groups is 1. The summed E-state index contributed by atoms with van der Waals surface area (Å²) in [6.45, 7) is 8.92. The highest BCUT2D eigenvalue weighted by atomic mass is 32.1. The van der Waals surface area contributed by atoms with Crippen molar-refractivity contribution in [2.45, 2.75) is 45.6 Å². The predicted molar refractivity (Wildman–Crippen MR) is 68.6 cm³/mol. The van der Waals surface area contributed by atoms with Crippen molar-refractivity contribution >= 4 is 11.3 Å². The fraction of sp³-hybridized carbons (Fsp3) is 0.750. The molecule has 1 aromatic rings. The highest BCUT2D eigenvalue weighted by Crippen LogP contribution is 2.30. The Morgan fingerprint density at radius 1 is 1.50 bits per heavy atom. The van der Waals surface area contributed by atoms with Crippen LogP contribution in [-0.4, -0.2) is 16.6 Å². The van der Waals surface area contributed by atoms with Gasteiger partial charge < -0.3 is 10.8 Å². The summed E-state index contributed by atoms with van der Waals surface area (Å²) in [5, 5.41) is 13.1. The molecule has 2 unspecified atom stereocenters. The second-order valence-corrected chi connectivity index (χ2v) is 6.03. The van der Waals surface area contributed by atoms with Gasteiger partial charge in [0, 0.05) is 16.7 Å². The molecule has 3 N–H and O–H groups in total. The van der Waals surface area contributed by atoms with Gasteiger partial charge in [-0.1, -0.05) is 27.7 Å². The smallest absolute Gasteiger partial charge is 0.101 e. The van der Waals surface area contributed by atoms with E-state index in [9.17, 15) is 5.11 Å². The summed E-state index contributed by atoms with van der Waals surface area (Å²) in [6.07, 6.45) is 0.349. The summed E-state index contributed by atoms with van der Waals surface area (Å²) in [5.41, 5.74) is 6.45. The number of hydrogen-bond acceptors (Lipinski definition) is 4. The first-order valence-electron chi connectivity index (χ1n) is 5.74. The molecular weight excluding hydrogens is 220 g/mol. The van der Waals surface area contributed by atoms with Crippen molar-refractivity contribution in [1.82, 2.24) is 4.98 Å². The molecule has 0 aliphatic rings. The van der Waals surface area contributed by atoms with E-state index in [0.717, 1.165) is 17.1 Å². The van der Waals surface area contributed by atoms with Gasteiger partial charge in [0.25, 0.3) is 0 Å². The van der Waals surface area contributed by atoms with Crippen LogP contribution in [0.15, 0.2) is 5.38 Å². The first kappa shape index (κ1) is 13.6. The molecule has 0 spiro atoms. The van der Waals surface area contributed by atoms with E-state index in [-0.39, 0.29) is 11.3 Å². The number of nitrogens with zero attached hydrogens (tertiary/aromatic N) is 1. The Morgan fingerprint density at radius 3 is 2.50 bits per heavy atom. The maximum Gasteiger partial charge on any atom is 0.101 e. The summed E-state index contributed by atoms with van der Waals surface area (Å²) >= 11 is 1.61. The highest BCUT2D eigenvalue weighted by molar-refractivity contribution is 7.09. The Bertz CT molecular complexity index is 326. The number of nitrogens with two attached hydrogens (primary N) is 1. The van der Waals surface area contributed by atoms with Crippen LogP contribution < -0.4 is 5.73 Å². The van der Waals surface area contributed by atoms with Gasteiger partial charge in [0.1, 0.15) is 6.10 Å². The standard InChI is InChI=1S/C12H22N2OS/c1-5-8(6-13)10(15)9-7-16-11(14-9)12(2,3)4/h7-8,10,15H,5-6,13H2,1-4H3. The van der Waals surface area contributed by atoms with Crippen LogP contribution >= 0.6 is 11.3 Å². The number of thiazole rings is 1. The predicted octanol–water partition coefficient (Wildman–Crippen LogP) is 2.46. The Labute approximate surface area is 102 Å². The van der Waals surface area contributed by atoms with Crippen LogP contribution in [0, 0.1) is 5.92 Å². The van der Waals surface area contributed by atoms with Crippen LogP contribution in [-0.2, 0) is 5.41 Å². The number of hydrogen-bond donors (Lipinski definition) is 2. The fourth-order valence-electron chi connectivity index (χ4n) is 1.53. The largest absolute Gasteiger partial charge is 0.386 e. The van der Waals surface area contributed by atoms with E-state index in [2.05, 4.69) is 25.8 Å². The van der Waals surface area contributed by atoms with Crippen molar-refractivity contribution < 1.29 is 5.11 Å². The van der Waals surface area contributed by atoms with Crippen molar-refractivity contribution in [3.63, 3.8) is 0 Å². The van der Waals surface area contributed by atoms with E-state index < -0.39 is 6.10 Å². The minimum absolute atomic E-state index is 0.0487. The molecule has 0 amide bonds. The summed E-state index contributed by atoms with van der Waals surface area (Å²) < 4.78 is 0. The van der Waals surface area contributed by atoms with Crippen molar-refractivity contribution in [2.24, 2.45) is 11.7 Å². The van der Waals surface area contributed by atoms with E-state index in [1.54, 1.807) is 11.3 Å². The maximum absolute atomic E-state index is 10.1. The average molecular weight is 242 g/mol. The minimum Gasteiger partial charge on any atom is -0.386 e. The van der Waals surface area contributed by atoms with Gasteiger partial charge >= 0.3 is 0 Å². The molecule has 1 heterocycles. The normalized spacial score (nSPS) is 16.1. The van der Waals surface area contributed by atoms with Gasteiger partial charge in [0.05, 0.1) is 10.7 Å². The lowest BCUT2D eigenvalue weighted by atomic mass is 9.96. The van der Waals surface area contributed by atoms with Gasteiger partial charge in [0.2, 0.25) is 0 Å². The molecule has 0 bridgehead atoms. The van der Waals surface area contributed by atoms with Crippen LogP contribution in [0.5, 0.6) is 0 Å². The number of rotatable bonds is 4. The Hall–Kier alpha value is -0.450. The third-order valence-electron chi connectivity index (χ3n) is 2.74. The Kier molecular flexibility index (Phi) is 4.47. The molecule has 0 aromatic carbocycles. The van der Waals surface area contributed by atoms with Gasteiger partial charge in [-0.2, -0.15) is 0 Å². The molecule has 0 fully saturated rings. The third kappa shape index (κ3) is 3.03. The third-order valence-corrected chi connectivity index (χ3v) is 4.03. The van der Waals surface area contributed by atoms with Crippen molar-refractivity contribution in [3.05, 3.63) is 16.1 Å². The highest BCUT2D eigenvalue weighted by Gasteiger charge is 2.24. The molecule has 0 radical (unpaired) electrons. The minimum atomic E-state index is -0.526. The molecule has 4 heteroatoms. The van der Waals surface area contributed by atoms with Gasteiger partial charge in [-0.25, -0.2) is 4.98 Å². The summed E-state index contributed by atoms with van der Waals surface area (Å²) in [7, 11) is 0. The van der Waals surface area contributed by atoms with Crippen LogP contribution in [0.2, 0.25) is 0 Å². The van der Waals surface area contributed by atoms with E-state index in [0.29, 0.717) is 6.54 Å². The van der Waals surface area contributed by atoms with E-state index in [4.69, 9.17) is 5.73 Å². The first-order chi connectivity index (χ1) is 7.40. The first-order valence-corrected chi connectivity index (χ1v) is 6.62. The van der Waals surface area contributed by atoms with Crippen molar-refractivity contribution in [2.75, 3.05) is 6.54 Å². The molecule has 0 saturated carbocycles. The van der Waals surface area contributed by atoms with E-state index in [1.807, 2.05) is 12.3 Å². The molecule has 3 nitrogen and oxygen atoms in total. The lowest BCUT2D eigenvalue weighted by Crippen LogP contribution is -2.21. The topological polar surface area (TPSA) is 59.1 Å². The fourth-order valence-corrected chi connectivity index (χ4v) is 2.46. The average Bonchev–Trinajstić information content (AvgIpc) is 2.67. The summed E-state index contributed by atoms with van der Waals surface area (Å²) in [6, 6.07) is 0. The second kappa shape index (κ2) is 5.25. The SMILES string of the molecule is CCC(CN)C(O)c1csc(C(C)(C)C)n1. The number of aromatic nitrogens is 1. The molecule has 16 heavy (non-hydrogen) atoms. The van der Waals surface area contributed by atoms with Crippen LogP contribution in [0.1, 0.15) is 50.9 Å². The second-order valence-electron chi connectivity index (χ2n) is 5.18. The van der Waals surface area contributed by atoms with Gasteiger partial charge in [-0.3, -0.25) is 0 Å². The molecular formula is C12H22N2OS. The molecule has 2 atom stereocenters. The van der Waals surface area contributed by atoms with E-state index >= 15 is 0 Å². The zero-order chi connectivity index (χ0) is 12.3. The van der Waals surface area contributed by atoms with Gasteiger partial charge in [-0.05, 0) is 13.0 Å². The summed E-state index contributed by atoms with van der Waals surface area (Å²) in [5.74, 6) is 0.106. The van der Waals surface area contributed by atoms with Crippen LogP contribution in [0.3, 0.4) is 0 Å². The molecule has 1 aromatic heterocycles. The zero-order valence-electron chi connectivity index (χ0n) is 10.5. The molecule has 0 aliphatic heterocycles. The lowest BCUT2D eigenvalue weighted by molar-refractivity contribution is 0.106. The monoisotopic (exact) mass is 242 g/mol.